The third-order valence-electron chi connectivity index (χ3n) is 8.87. The highest BCUT2D eigenvalue weighted by Gasteiger charge is 2.34. The number of likely N-dealkylation sites (tertiary alicyclic amines) is 1. The molecule has 1 aliphatic heterocycles. The quantitative estimate of drug-likeness (QED) is 0.201. The Morgan fingerprint density at radius 1 is 0.978 bits per heavy atom. The molecule has 1 N–H and O–H groups in total. The Kier molecular flexibility index (Phi) is 11.5. The molecule has 0 bridgehead atoms. The number of aromatic nitrogens is 2. The number of methoxy groups -OCH3 is 2. The molecule has 2 aliphatic rings. The van der Waals surface area contributed by atoms with Crippen LogP contribution in [0.3, 0.4) is 0 Å². The Balaban J connectivity index is 1.33. The van der Waals surface area contributed by atoms with Gasteiger partial charge in [0.15, 0.2) is 11.6 Å². The van der Waals surface area contributed by atoms with E-state index in [1.54, 1.807) is 43.5 Å². The molecule has 1 saturated carbocycles. The predicted octanol–water partition coefficient (Wildman–Crippen LogP) is 7.73. The number of hydrogen-bond acceptors (Lipinski definition) is 9. The van der Waals surface area contributed by atoms with E-state index < -0.39 is 11.9 Å². The first-order chi connectivity index (χ1) is 22.4. The highest BCUT2D eigenvalue weighted by molar-refractivity contribution is 5.97. The number of carbonyl (C=O) groups is 1. The molecule has 2 unspecified atom stereocenters. The van der Waals surface area contributed by atoms with Crippen LogP contribution in [0.25, 0.3) is 0 Å². The van der Waals surface area contributed by atoms with Crippen molar-refractivity contribution in [1.82, 2.24) is 14.9 Å². The highest BCUT2D eigenvalue weighted by Crippen LogP contribution is 2.38. The van der Waals surface area contributed by atoms with Gasteiger partial charge in [0.1, 0.15) is 23.4 Å². The van der Waals surface area contributed by atoms with Gasteiger partial charge in [-0.3, -0.25) is 0 Å². The van der Waals surface area contributed by atoms with Gasteiger partial charge >= 0.3 is 6.09 Å². The zero-order chi connectivity index (χ0) is 32.5. The van der Waals surface area contributed by atoms with E-state index in [9.17, 15) is 9.18 Å². The first-order valence-corrected chi connectivity index (χ1v) is 16.3. The van der Waals surface area contributed by atoms with Crippen molar-refractivity contribution >= 4 is 29.2 Å². The van der Waals surface area contributed by atoms with Gasteiger partial charge in [-0.05, 0) is 81.3 Å². The molecule has 2 fully saturated rings. The Hall–Kier alpha value is -4.12. The average Bonchev–Trinajstić information content (AvgIpc) is 3.06. The van der Waals surface area contributed by atoms with Gasteiger partial charge in [-0.2, -0.15) is 4.98 Å². The van der Waals surface area contributed by atoms with Crippen LogP contribution in [0.1, 0.15) is 58.8 Å². The van der Waals surface area contributed by atoms with Crippen molar-refractivity contribution in [3.05, 3.63) is 54.5 Å². The maximum atomic E-state index is 15.0. The van der Waals surface area contributed by atoms with Gasteiger partial charge in [-0.1, -0.05) is 26.7 Å². The fraction of sp³-hybridized carbons (Fsp3) is 0.514. The van der Waals surface area contributed by atoms with Crippen molar-refractivity contribution in [2.75, 3.05) is 50.7 Å². The van der Waals surface area contributed by atoms with Gasteiger partial charge in [0.25, 0.3) is 0 Å². The van der Waals surface area contributed by atoms with E-state index in [4.69, 9.17) is 18.9 Å². The fourth-order valence-corrected chi connectivity index (χ4v) is 6.35. The normalized spacial score (nSPS) is 20.1. The van der Waals surface area contributed by atoms with Crippen LogP contribution < -0.4 is 24.4 Å². The average molecular weight is 636 g/mol. The Morgan fingerprint density at radius 3 is 2.48 bits per heavy atom. The summed E-state index contributed by atoms with van der Waals surface area (Å²) in [5.41, 5.74) is 0.873. The summed E-state index contributed by atoms with van der Waals surface area (Å²) in [5, 5.41) is 3.06. The Bertz CT molecular complexity index is 1440. The molecule has 248 valence electrons. The minimum atomic E-state index is -0.577. The van der Waals surface area contributed by atoms with E-state index in [1.165, 1.54) is 43.5 Å². The van der Waals surface area contributed by atoms with Crippen molar-refractivity contribution in [2.24, 2.45) is 11.8 Å². The molecule has 5 rings (SSSR count). The van der Waals surface area contributed by atoms with Gasteiger partial charge in [0, 0.05) is 36.6 Å². The van der Waals surface area contributed by atoms with Crippen LogP contribution in [0.2, 0.25) is 0 Å². The number of anilines is 4. The third-order valence-corrected chi connectivity index (χ3v) is 8.87. The number of piperidine rings is 1. The first-order valence-electron chi connectivity index (χ1n) is 16.3. The third kappa shape index (κ3) is 8.37. The zero-order valence-electron chi connectivity index (χ0n) is 27.3. The zero-order valence-corrected chi connectivity index (χ0v) is 27.3. The lowest BCUT2D eigenvalue weighted by Crippen LogP contribution is -2.39. The molecule has 2 heterocycles. The van der Waals surface area contributed by atoms with E-state index in [0.717, 1.165) is 45.3 Å². The van der Waals surface area contributed by atoms with Crippen molar-refractivity contribution in [3.8, 4) is 17.2 Å². The van der Waals surface area contributed by atoms with Crippen LogP contribution in [0.5, 0.6) is 17.2 Å². The SMILES string of the molecule is COc1ccc(N(C(=O)OC2C(C)CCCC2C)c2ccnc(Nc3ccc(OCCCN4CCCCC4)c(F)c3)n2)c(OC)c1. The lowest BCUT2D eigenvalue weighted by Gasteiger charge is -2.35. The minimum absolute atomic E-state index is 0.178. The Morgan fingerprint density at radius 2 is 1.76 bits per heavy atom. The number of nitrogens with one attached hydrogen (secondary N) is 1. The second kappa shape index (κ2) is 15.9. The maximum absolute atomic E-state index is 15.0. The molecular weight excluding hydrogens is 589 g/mol. The monoisotopic (exact) mass is 635 g/mol. The van der Waals surface area contributed by atoms with Gasteiger partial charge in [-0.15, -0.1) is 0 Å². The van der Waals surface area contributed by atoms with Crippen molar-refractivity contribution in [2.45, 2.75) is 64.9 Å². The van der Waals surface area contributed by atoms with E-state index in [-0.39, 0.29) is 35.5 Å². The van der Waals surface area contributed by atoms with Crippen LogP contribution in [0.15, 0.2) is 48.7 Å². The van der Waals surface area contributed by atoms with Gasteiger partial charge in [0.05, 0.1) is 26.5 Å². The van der Waals surface area contributed by atoms with Gasteiger partial charge in [0.2, 0.25) is 5.95 Å². The molecule has 11 heteroatoms. The number of ether oxygens (including phenoxy) is 4. The largest absolute Gasteiger partial charge is 0.497 e. The number of amides is 1. The topological polar surface area (TPSA) is 98.3 Å². The highest BCUT2D eigenvalue weighted by atomic mass is 19.1. The number of carbonyl (C=O) groups excluding carboxylic acids is 1. The molecule has 2 aromatic carbocycles. The maximum Gasteiger partial charge on any atom is 0.420 e. The number of hydrogen-bond donors (Lipinski definition) is 1. The summed E-state index contributed by atoms with van der Waals surface area (Å²) in [6.45, 7) is 7.89. The van der Waals surface area contributed by atoms with Gasteiger partial charge < -0.3 is 29.2 Å². The molecular formula is C35H46FN5O5. The molecule has 1 aliphatic carbocycles. The molecule has 46 heavy (non-hydrogen) atoms. The van der Waals surface area contributed by atoms with Crippen molar-refractivity contribution in [1.29, 1.82) is 0 Å². The van der Waals surface area contributed by atoms with Crippen LogP contribution in [-0.2, 0) is 4.74 Å². The summed E-state index contributed by atoms with van der Waals surface area (Å²) in [4.78, 5) is 26.7. The number of nitrogens with zero attached hydrogens (tertiary/aromatic N) is 4. The number of rotatable bonds is 12. The summed E-state index contributed by atoms with van der Waals surface area (Å²) in [6.07, 6.45) is 8.45. The van der Waals surface area contributed by atoms with Gasteiger partial charge in [-0.25, -0.2) is 19.1 Å². The van der Waals surface area contributed by atoms with Crippen LogP contribution in [0, 0.1) is 17.7 Å². The second-order valence-corrected chi connectivity index (χ2v) is 12.2. The molecule has 2 atom stereocenters. The summed E-state index contributed by atoms with van der Waals surface area (Å²) in [7, 11) is 3.09. The van der Waals surface area contributed by atoms with Crippen molar-refractivity contribution in [3.63, 3.8) is 0 Å². The summed E-state index contributed by atoms with van der Waals surface area (Å²) < 4.78 is 37.9. The predicted molar refractivity (Wildman–Crippen MR) is 176 cm³/mol. The van der Waals surface area contributed by atoms with Crippen LogP contribution >= 0.6 is 0 Å². The Labute approximate surface area is 271 Å². The molecule has 10 nitrogen and oxygen atoms in total. The minimum Gasteiger partial charge on any atom is -0.497 e. The molecule has 1 aromatic heterocycles. The van der Waals surface area contributed by atoms with E-state index in [0.29, 0.717) is 29.5 Å². The van der Waals surface area contributed by atoms with E-state index in [2.05, 4.69) is 34.0 Å². The molecule has 0 radical (unpaired) electrons. The van der Waals surface area contributed by atoms with Crippen molar-refractivity contribution < 1.29 is 28.1 Å². The summed E-state index contributed by atoms with van der Waals surface area (Å²) in [5.74, 6) is 1.59. The lowest BCUT2D eigenvalue weighted by atomic mass is 9.81. The molecule has 1 saturated heterocycles. The van der Waals surface area contributed by atoms with Crippen LogP contribution in [-0.4, -0.2) is 67.5 Å². The lowest BCUT2D eigenvalue weighted by molar-refractivity contribution is 0.0144. The summed E-state index contributed by atoms with van der Waals surface area (Å²) in [6, 6.07) is 11.4. The van der Waals surface area contributed by atoms with E-state index in [1.807, 2.05) is 0 Å². The standard InChI is InChI=1S/C35H46FN5O5/c1-24-10-8-11-25(2)33(24)46-35(42)41(29-14-13-27(43-3)23-31(29)44-4)32-16-17-37-34(39-32)38-26-12-15-30(28(36)22-26)45-21-9-20-40-18-6-5-7-19-40/h12-17,22-25,33H,5-11,18-21H2,1-4H3,(H,37,38,39). The summed E-state index contributed by atoms with van der Waals surface area (Å²) >= 11 is 0. The molecule has 0 spiro atoms. The fourth-order valence-electron chi connectivity index (χ4n) is 6.35. The number of benzene rings is 2. The number of halogens is 1. The first kappa shape index (κ1) is 33.2. The van der Waals surface area contributed by atoms with Crippen LogP contribution in [0.4, 0.5) is 32.3 Å². The molecule has 3 aromatic rings. The molecule has 1 amide bonds. The van der Waals surface area contributed by atoms with E-state index >= 15 is 0 Å². The second-order valence-electron chi connectivity index (χ2n) is 12.2. The smallest absolute Gasteiger partial charge is 0.420 e.